The minimum atomic E-state index is -1.44. The van der Waals surface area contributed by atoms with Gasteiger partial charge < -0.3 is 5.11 Å². The summed E-state index contributed by atoms with van der Waals surface area (Å²) in [4.78, 5) is 3.86. The summed E-state index contributed by atoms with van der Waals surface area (Å²) in [6, 6.07) is 4.92. The summed E-state index contributed by atoms with van der Waals surface area (Å²) in [5, 5.41) is 15.7. The number of hydrogen-bond donors (Lipinski definition) is 1. The average Bonchev–Trinajstić information content (AvgIpc) is 2.88. The smallest absolute Gasteiger partial charge is 0.172 e. The fourth-order valence-corrected chi connectivity index (χ4v) is 2.37. The third kappa shape index (κ3) is 3.31. The van der Waals surface area contributed by atoms with Crippen LogP contribution in [0.25, 0.3) is 0 Å². The van der Waals surface area contributed by atoms with Gasteiger partial charge in [-0.1, -0.05) is 42.1 Å². The molecule has 0 bridgehead atoms. The van der Waals surface area contributed by atoms with Crippen molar-refractivity contribution in [2.45, 2.75) is 25.5 Å². The average molecular weight is 310 g/mol. The van der Waals surface area contributed by atoms with E-state index >= 15 is 0 Å². The molecular weight excluding hydrogens is 297 g/mol. The van der Waals surface area contributed by atoms with Gasteiger partial charge in [-0.3, -0.25) is 0 Å². The molecule has 0 aliphatic rings. The van der Waals surface area contributed by atoms with E-state index in [4.69, 9.17) is 23.2 Å². The minimum absolute atomic E-state index is 0.140. The lowest BCUT2D eigenvalue weighted by Crippen LogP contribution is -2.30. The van der Waals surface area contributed by atoms with Gasteiger partial charge in [-0.15, -0.1) is 5.92 Å². The van der Waals surface area contributed by atoms with Crippen molar-refractivity contribution in [3.05, 3.63) is 46.5 Å². The predicted octanol–water partition coefficient (Wildman–Crippen LogP) is 2.89. The van der Waals surface area contributed by atoms with E-state index in [2.05, 4.69) is 21.9 Å². The van der Waals surface area contributed by atoms with Gasteiger partial charge in [0.1, 0.15) is 12.7 Å². The Kier molecular flexibility index (Phi) is 4.66. The van der Waals surface area contributed by atoms with Crippen molar-refractivity contribution in [3.8, 4) is 11.8 Å². The van der Waals surface area contributed by atoms with Crippen molar-refractivity contribution in [1.82, 2.24) is 14.8 Å². The standard InChI is InChI=1S/C14H13Cl2N3O/c1-2-3-6-14(20,8-19-10-17-9-18-19)12-5-4-11(15)7-13(12)16/h4-5,7,9-10,20H,2,8H2,1H3. The topological polar surface area (TPSA) is 50.9 Å². The first-order valence-corrected chi connectivity index (χ1v) is 6.81. The van der Waals surface area contributed by atoms with Gasteiger partial charge >= 0.3 is 0 Å². The number of aromatic nitrogens is 3. The third-order valence-electron chi connectivity index (χ3n) is 2.71. The molecule has 0 aliphatic heterocycles. The Hall–Kier alpha value is -1.54. The molecule has 1 N–H and O–H groups in total. The summed E-state index contributed by atoms with van der Waals surface area (Å²) in [5.74, 6) is 5.74. The van der Waals surface area contributed by atoms with Gasteiger partial charge in [-0.05, 0) is 12.1 Å². The zero-order chi connectivity index (χ0) is 14.6. The Morgan fingerprint density at radius 3 is 2.80 bits per heavy atom. The largest absolute Gasteiger partial charge is 0.372 e. The lowest BCUT2D eigenvalue weighted by Gasteiger charge is -2.24. The lowest BCUT2D eigenvalue weighted by molar-refractivity contribution is 0.0759. The molecule has 0 saturated heterocycles. The zero-order valence-electron chi connectivity index (χ0n) is 10.8. The van der Waals surface area contributed by atoms with E-state index in [0.29, 0.717) is 22.0 Å². The maximum Gasteiger partial charge on any atom is 0.172 e. The van der Waals surface area contributed by atoms with Crippen molar-refractivity contribution < 1.29 is 5.11 Å². The van der Waals surface area contributed by atoms with Crippen LogP contribution < -0.4 is 0 Å². The van der Waals surface area contributed by atoms with Gasteiger partial charge in [0, 0.05) is 22.0 Å². The van der Waals surface area contributed by atoms with Crippen LogP contribution in [0.1, 0.15) is 18.9 Å². The summed E-state index contributed by atoms with van der Waals surface area (Å²) in [7, 11) is 0. The molecule has 0 spiro atoms. The van der Waals surface area contributed by atoms with Gasteiger partial charge in [0.15, 0.2) is 5.60 Å². The molecule has 4 nitrogen and oxygen atoms in total. The van der Waals surface area contributed by atoms with E-state index in [1.807, 2.05) is 6.92 Å². The molecule has 0 amide bonds. The van der Waals surface area contributed by atoms with E-state index in [1.165, 1.54) is 17.3 Å². The third-order valence-corrected chi connectivity index (χ3v) is 3.25. The number of hydrogen-bond acceptors (Lipinski definition) is 3. The Morgan fingerprint density at radius 2 is 2.20 bits per heavy atom. The highest BCUT2D eigenvalue weighted by Crippen LogP contribution is 2.31. The van der Waals surface area contributed by atoms with Gasteiger partial charge in [-0.2, -0.15) is 5.10 Å². The Bertz CT molecular complexity index is 646. The van der Waals surface area contributed by atoms with Crippen LogP contribution in [0.2, 0.25) is 10.0 Å². The molecule has 20 heavy (non-hydrogen) atoms. The molecule has 1 heterocycles. The van der Waals surface area contributed by atoms with Gasteiger partial charge in [0.25, 0.3) is 0 Å². The van der Waals surface area contributed by atoms with Crippen molar-refractivity contribution in [1.29, 1.82) is 0 Å². The quantitative estimate of drug-likeness (QED) is 0.887. The molecular formula is C14H13Cl2N3O. The monoisotopic (exact) mass is 309 g/mol. The normalized spacial score (nSPS) is 13.4. The number of rotatable bonds is 3. The van der Waals surface area contributed by atoms with Crippen LogP contribution >= 0.6 is 23.2 Å². The van der Waals surface area contributed by atoms with E-state index in [9.17, 15) is 5.11 Å². The minimum Gasteiger partial charge on any atom is -0.372 e. The van der Waals surface area contributed by atoms with E-state index in [1.54, 1.807) is 18.2 Å². The van der Waals surface area contributed by atoms with E-state index in [0.717, 1.165) is 0 Å². The first kappa shape index (κ1) is 14.9. The number of halogens is 2. The number of nitrogens with zero attached hydrogens (tertiary/aromatic N) is 3. The van der Waals surface area contributed by atoms with Crippen LogP contribution in [0.5, 0.6) is 0 Å². The summed E-state index contributed by atoms with van der Waals surface area (Å²) < 4.78 is 1.51. The van der Waals surface area contributed by atoms with Crippen molar-refractivity contribution in [2.75, 3.05) is 0 Å². The number of benzene rings is 1. The highest BCUT2D eigenvalue weighted by Gasteiger charge is 2.30. The molecule has 2 rings (SSSR count). The summed E-state index contributed by atoms with van der Waals surface area (Å²) >= 11 is 12.1. The summed E-state index contributed by atoms with van der Waals surface area (Å²) in [6.45, 7) is 2.05. The molecule has 2 aromatic rings. The van der Waals surface area contributed by atoms with Crippen LogP contribution in [0.15, 0.2) is 30.9 Å². The van der Waals surface area contributed by atoms with Crippen LogP contribution in [-0.2, 0) is 12.1 Å². The van der Waals surface area contributed by atoms with Crippen molar-refractivity contribution in [2.24, 2.45) is 0 Å². The Labute approximate surface area is 127 Å². The summed E-state index contributed by atoms with van der Waals surface area (Å²) in [6.07, 6.45) is 3.55. The van der Waals surface area contributed by atoms with Crippen LogP contribution in [0.4, 0.5) is 0 Å². The Morgan fingerprint density at radius 1 is 1.40 bits per heavy atom. The Balaban J connectivity index is 2.45. The molecule has 1 atom stereocenters. The fourth-order valence-electron chi connectivity index (χ4n) is 1.80. The second kappa shape index (κ2) is 6.27. The van der Waals surface area contributed by atoms with E-state index < -0.39 is 5.60 Å². The van der Waals surface area contributed by atoms with E-state index in [-0.39, 0.29) is 6.54 Å². The molecule has 0 radical (unpaired) electrons. The van der Waals surface area contributed by atoms with Gasteiger partial charge in [0.2, 0.25) is 0 Å². The molecule has 0 aliphatic carbocycles. The number of aliphatic hydroxyl groups is 1. The SMILES string of the molecule is CCC#CC(O)(Cn1cncn1)c1ccc(Cl)cc1Cl. The van der Waals surface area contributed by atoms with Crippen LogP contribution in [0.3, 0.4) is 0 Å². The predicted molar refractivity (Wildman–Crippen MR) is 78.4 cm³/mol. The molecule has 104 valence electrons. The highest BCUT2D eigenvalue weighted by atomic mass is 35.5. The van der Waals surface area contributed by atoms with Gasteiger partial charge in [0.05, 0.1) is 6.54 Å². The molecule has 0 fully saturated rings. The highest BCUT2D eigenvalue weighted by molar-refractivity contribution is 6.35. The summed E-state index contributed by atoms with van der Waals surface area (Å²) in [5.41, 5.74) is -0.939. The molecule has 1 aromatic heterocycles. The molecule has 1 aromatic carbocycles. The van der Waals surface area contributed by atoms with Crippen molar-refractivity contribution in [3.63, 3.8) is 0 Å². The van der Waals surface area contributed by atoms with Crippen LogP contribution in [-0.4, -0.2) is 19.9 Å². The van der Waals surface area contributed by atoms with Gasteiger partial charge in [-0.25, -0.2) is 9.67 Å². The van der Waals surface area contributed by atoms with Crippen molar-refractivity contribution >= 4 is 23.2 Å². The first-order valence-electron chi connectivity index (χ1n) is 6.05. The zero-order valence-corrected chi connectivity index (χ0v) is 12.4. The fraction of sp³-hybridized carbons (Fsp3) is 0.286. The molecule has 6 heteroatoms. The molecule has 0 saturated carbocycles. The molecule has 1 unspecified atom stereocenters. The first-order chi connectivity index (χ1) is 9.55. The second-order valence-corrected chi connectivity index (χ2v) is 5.08. The second-order valence-electron chi connectivity index (χ2n) is 4.23. The maximum atomic E-state index is 10.9. The maximum absolute atomic E-state index is 10.9. The lowest BCUT2D eigenvalue weighted by atomic mass is 9.94. The van der Waals surface area contributed by atoms with Crippen LogP contribution in [0, 0.1) is 11.8 Å².